The summed E-state index contributed by atoms with van der Waals surface area (Å²) in [7, 11) is 0. The molecule has 0 radical (unpaired) electrons. The van der Waals surface area contributed by atoms with Crippen molar-refractivity contribution in [1.29, 1.82) is 0 Å². The fourth-order valence-electron chi connectivity index (χ4n) is 3.16. The number of ether oxygens (including phenoxy) is 1. The van der Waals surface area contributed by atoms with E-state index in [0.717, 1.165) is 39.0 Å². The Hall–Kier alpha value is -0.910. The number of rotatable bonds is 5. The number of hydrogen-bond acceptors (Lipinski definition) is 4. The number of hydrogen-bond donors (Lipinski definition) is 1. The molecule has 0 aromatic carbocycles. The molecule has 2 fully saturated rings. The number of nitrogens with one attached hydrogen (secondary N) is 1. The van der Waals surface area contributed by atoms with Gasteiger partial charge in [-0.3, -0.25) is 10.1 Å². The van der Waals surface area contributed by atoms with Gasteiger partial charge in [0.1, 0.15) is 6.17 Å². The van der Waals surface area contributed by atoms with Crippen molar-refractivity contribution < 1.29 is 9.53 Å². The number of carbonyl (C=O) groups excluding carboxylic acids is 1. The first-order valence-electron chi connectivity index (χ1n) is 7.84. The van der Waals surface area contributed by atoms with Gasteiger partial charge >= 0.3 is 0 Å². The Bertz CT molecular complexity index is 484. The molecule has 1 N–H and O–H groups in total. The first-order chi connectivity index (χ1) is 10.1. The second kappa shape index (κ2) is 6.07. The minimum absolute atomic E-state index is 0.0322. The predicted molar refractivity (Wildman–Crippen MR) is 84.1 cm³/mol. The number of carbonyl (C=O) groups is 1. The molecule has 1 aromatic rings. The minimum Gasteiger partial charge on any atom is -0.381 e. The van der Waals surface area contributed by atoms with Gasteiger partial charge in [0.2, 0.25) is 5.91 Å². The minimum atomic E-state index is -0.430. The number of nitrogens with zero attached hydrogens (tertiary/aromatic N) is 1. The maximum absolute atomic E-state index is 12.8. The summed E-state index contributed by atoms with van der Waals surface area (Å²) in [5.74, 6) is 0.845. The third-order valence-corrected chi connectivity index (χ3v) is 5.75. The third-order valence-electron chi connectivity index (χ3n) is 4.82. The van der Waals surface area contributed by atoms with Gasteiger partial charge in [-0.1, -0.05) is 13.0 Å². The van der Waals surface area contributed by atoms with Crippen molar-refractivity contribution in [2.75, 3.05) is 19.8 Å². The highest BCUT2D eigenvalue weighted by molar-refractivity contribution is 7.10. The van der Waals surface area contributed by atoms with Crippen LogP contribution in [0.1, 0.15) is 44.2 Å². The number of amides is 1. The van der Waals surface area contributed by atoms with Crippen LogP contribution < -0.4 is 5.32 Å². The Kier molecular flexibility index (Phi) is 4.33. The normalized spacial score (nSPS) is 33.0. The second-order valence-electron chi connectivity index (χ2n) is 6.26. The van der Waals surface area contributed by atoms with Crippen LogP contribution in [0.3, 0.4) is 0 Å². The van der Waals surface area contributed by atoms with Crippen molar-refractivity contribution in [1.82, 2.24) is 10.2 Å². The van der Waals surface area contributed by atoms with Gasteiger partial charge in [-0.15, -0.1) is 11.3 Å². The third kappa shape index (κ3) is 2.87. The van der Waals surface area contributed by atoms with Crippen LogP contribution in [0, 0.1) is 5.92 Å². The van der Waals surface area contributed by atoms with Crippen molar-refractivity contribution in [3.05, 3.63) is 22.4 Å². The van der Waals surface area contributed by atoms with Gasteiger partial charge in [0, 0.05) is 24.6 Å². The molecule has 0 bridgehead atoms. The monoisotopic (exact) mass is 308 g/mol. The Morgan fingerprint density at radius 2 is 2.43 bits per heavy atom. The highest BCUT2D eigenvalue weighted by Crippen LogP contribution is 2.35. The fraction of sp³-hybridized carbons (Fsp3) is 0.688. The van der Waals surface area contributed by atoms with Crippen LogP contribution in [-0.4, -0.2) is 36.1 Å². The lowest BCUT2D eigenvalue weighted by atomic mass is 9.99. The zero-order valence-electron chi connectivity index (χ0n) is 12.8. The Balaban J connectivity index is 1.74. The quantitative estimate of drug-likeness (QED) is 0.909. The summed E-state index contributed by atoms with van der Waals surface area (Å²) >= 11 is 1.71. The molecule has 1 amide bonds. The zero-order chi connectivity index (χ0) is 14.9. The maximum atomic E-state index is 12.8. The van der Waals surface area contributed by atoms with Gasteiger partial charge in [-0.25, -0.2) is 0 Å². The van der Waals surface area contributed by atoms with Gasteiger partial charge in [0.25, 0.3) is 0 Å². The molecule has 5 heteroatoms. The molecular formula is C16H24N2O2S. The first-order valence-corrected chi connectivity index (χ1v) is 8.72. The Labute approximate surface area is 130 Å². The van der Waals surface area contributed by atoms with Gasteiger partial charge in [0.15, 0.2) is 0 Å². The van der Waals surface area contributed by atoms with E-state index < -0.39 is 5.54 Å². The summed E-state index contributed by atoms with van der Waals surface area (Å²) < 4.78 is 5.44. The second-order valence-corrected chi connectivity index (χ2v) is 7.24. The summed E-state index contributed by atoms with van der Waals surface area (Å²) in [6.45, 7) is 6.64. The number of thiophene rings is 1. The lowest BCUT2D eigenvalue weighted by molar-refractivity contribution is -0.133. The van der Waals surface area contributed by atoms with Gasteiger partial charge in [-0.05, 0) is 43.6 Å². The lowest BCUT2D eigenvalue weighted by Gasteiger charge is -2.24. The van der Waals surface area contributed by atoms with Crippen molar-refractivity contribution in [2.45, 2.75) is 44.8 Å². The van der Waals surface area contributed by atoms with E-state index in [9.17, 15) is 4.79 Å². The van der Waals surface area contributed by atoms with E-state index in [2.05, 4.69) is 29.8 Å². The SMILES string of the molecule is CCC1(C)NC(c2cccs2)N(CCC2CCOC2)C1=O. The predicted octanol–water partition coefficient (Wildman–Crippen LogP) is 2.77. The highest BCUT2D eigenvalue weighted by atomic mass is 32.1. The van der Waals surface area contributed by atoms with Gasteiger partial charge in [-0.2, -0.15) is 0 Å². The topological polar surface area (TPSA) is 41.6 Å². The summed E-state index contributed by atoms with van der Waals surface area (Å²) in [6.07, 6.45) is 3.01. The molecule has 0 spiro atoms. The average molecular weight is 308 g/mol. The van der Waals surface area contributed by atoms with Crippen LogP contribution in [0.4, 0.5) is 0 Å². The van der Waals surface area contributed by atoms with Crippen LogP contribution in [0.25, 0.3) is 0 Å². The summed E-state index contributed by atoms with van der Waals surface area (Å²) in [5, 5.41) is 5.63. The van der Waals surface area contributed by atoms with Crippen LogP contribution in [0.2, 0.25) is 0 Å². The van der Waals surface area contributed by atoms with Crippen LogP contribution in [-0.2, 0) is 9.53 Å². The molecule has 0 saturated carbocycles. The molecule has 2 aliphatic heterocycles. The van der Waals surface area contributed by atoms with E-state index >= 15 is 0 Å². The molecule has 0 aliphatic carbocycles. The van der Waals surface area contributed by atoms with Crippen LogP contribution in [0.5, 0.6) is 0 Å². The van der Waals surface area contributed by atoms with Crippen LogP contribution >= 0.6 is 11.3 Å². The first kappa shape index (κ1) is 15.0. The van der Waals surface area contributed by atoms with Crippen molar-refractivity contribution >= 4 is 17.2 Å². The molecule has 3 unspecified atom stereocenters. The molecule has 21 heavy (non-hydrogen) atoms. The van der Waals surface area contributed by atoms with E-state index in [1.165, 1.54) is 4.88 Å². The molecule has 4 nitrogen and oxygen atoms in total. The van der Waals surface area contributed by atoms with E-state index in [0.29, 0.717) is 5.92 Å². The molecule has 2 saturated heterocycles. The molecular weight excluding hydrogens is 284 g/mol. The Morgan fingerprint density at radius 1 is 1.57 bits per heavy atom. The molecule has 116 valence electrons. The van der Waals surface area contributed by atoms with Crippen molar-refractivity contribution in [3.8, 4) is 0 Å². The molecule has 3 atom stereocenters. The van der Waals surface area contributed by atoms with Crippen molar-refractivity contribution in [3.63, 3.8) is 0 Å². The van der Waals surface area contributed by atoms with Gasteiger partial charge in [0.05, 0.1) is 5.54 Å². The smallest absolute Gasteiger partial charge is 0.244 e. The fourth-order valence-corrected chi connectivity index (χ4v) is 3.95. The van der Waals surface area contributed by atoms with Crippen molar-refractivity contribution in [2.24, 2.45) is 5.92 Å². The largest absolute Gasteiger partial charge is 0.381 e. The highest BCUT2D eigenvalue weighted by Gasteiger charge is 2.47. The maximum Gasteiger partial charge on any atom is 0.244 e. The van der Waals surface area contributed by atoms with Crippen LogP contribution in [0.15, 0.2) is 17.5 Å². The molecule has 1 aromatic heterocycles. The molecule has 2 aliphatic rings. The summed E-state index contributed by atoms with van der Waals surface area (Å²) in [5.41, 5.74) is -0.430. The molecule has 3 heterocycles. The average Bonchev–Trinajstić information content (AvgIpc) is 3.21. The molecule has 3 rings (SSSR count). The van der Waals surface area contributed by atoms with E-state index in [1.807, 2.05) is 11.8 Å². The van der Waals surface area contributed by atoms with E-state index in [-0.39, 0.29) is 12.1 Å². The lowest BCUT2D eigenvalue weighted by Crippen LogP contribution is -2.43. The van der Waals surface area contributed by atoms with E-state index in [1.54, 1.807) is 11.3 Å². The Morgan fingerprint density at radius 3 is 3.05 bits per heavy atom. The standard InChI is InChI=1S/C16H24N2O2S/c1-3-16(2)15(19)18(8-6-12-7-9-20-11-12)14(17-16)13-5-4-10-21-13/h4-5,10,12,14,17H,3,6-9,11H2,1-2H3. The van der Waals surface area contributed by atoms with E-state index in [4.69, 9.17) is 4.74 Å². The zero-order valence-corrected chi connectivity index (χ0v) is 13.6. The van der Waals surface area contributed by atoms with Gasteiger partial charge < -0.3 is 9.64 Å². The summed E-state index contributed by atoms with van der Waals surface area (Å²) in [6, 6.07) is 4.17. The summed E-state index contributed by atoms with van der Waals surface area (Å²) in [4.78, 5) is 16.1.